The van der Waals surface area contributed by atoms with Gasteiger partial charge in [0.05, 0.1) is 6.54 Å². The molecule has 1 aromatic carbocycles. The van der Waals surface area contributed by atoms with Gasteiger partial charge in [-0.05, 0) is 92.2 Å². The summed E-state index contributed by atoms with van der Waals surface area (Å²) < 4.78 is 29.6. The van der Waals surface area contributed by atoms with Crippen molar-refractivity contribution >= 4 is 44.8 Å². The van der Waals surface area contributed by atoms with Crippen molar-refractivity contribution in [3.63, 3.8) is 0 Å². The first kappa shape index (κ1) is 26.3. The van der Waals surface area contributed by atoms with Crippen LogP contribution < -0.4 is 4.72 Å². The molecular weight excluding hydrogens is 544 g/mol. The second-order valence-electron chi connectivity index (χ2n) is 11.0. The Bertz CT molecular complexity index is 1320. The molecule has 3 aliphatic heterocycles. The van der Waals surface area contributed by atoms with E-state index in [1.165, 1.54) is 12.8 Å². The summed E-state index contributed by atoms with van der Waals surface area (Å²) in [7, 11) is -3.90. The molecule has 4 heterocycles. The Hall–Kier alpha value is -1.98. The highest BCUT2D eigenvalue weighted by atomic mass is 35.5. The summed E-state index contributed by atoms with van der Waals surface area (Å²) in [5.74, 6) is -0.319. The van der Waals surface area contributed by atoms with E-state index < -0.39 is 15.6 Å². The van der Waals surface area contributed by atoms with E-state index >= 15 is 0 Å². The van der Waals surface area contributed by atoms with Gasteiger partial charge in [0.25, 0.3) is 10.0 Å². The molecule has 1 aromatic heterocycles. The van der Waals surface area contributed by atoms with Crippen molar-refractivity contribution in [2.75, 3.05) is 39.3 Å². The van der Waals surface area contributed by atoms with Crippen LogP contribution in [0.15, 0.2) is 39.9 Å². The number of hydrogen-bond donors (Lipinski definition) is 1. The summed E-state index contributed by atoms with van der Waals surface area (Å²) in [4.78, 5) is 32.8. The molecule has 6 rings (SSSR count). The lowest BCUT2D eigenvalue weighted by Crippen LogP contribution is -2.57. The molecule has 1 aliphatic carbocycles. The summed E-state index contributed by atoms with van der Waals surface area (Å²) in [5.41, 5.74) is 0.521. The van der Waals surface area contributed by atoms with Gasteiger partial charge < -0.3 is 14.7 Å². The smallest absolute Gasteiger partial charge is 0.251 e. The number of thiophene rings is 1. The van der Waals surface area contributed by atoms with Gasteiger partial charge in [0.2, 0.25) is 11.8 Å². The molecule has 2 amide bonds. The van der Waals surface area contributed by atoms with Crippen LogP contribution in [0.25, 0.3) is 11.1 Å². The van der Waals surface area contributed by atoms with Crippen LogP contribution in [0.4, 0.5) is 0 Å². The van der Waals surface area contributed by atoms with E-state index in [0.717, 1.165) is 61.5 Å². The summed E-state index contributed by atoms with van der Waals surface area (Å²) in [6.45, 7) is 4.34. The SMILES string of the molecule is O=C(CN1CC[C@H]2C[C@@]2(NS(=O)(=O)c2cc(-c3ccc(Cl)cc3)cs2)C1=O)N1CCC[C@H]1CN1CCCC1. The number of benzene rings is 1. The van der Waals surface area contributed by atoms with E-state index in [4.69, 9.17) is 11.6 Å². The number of amides is 2. The maximum Gasteiger partial charge on any atom is 0.251 e. The van der Waals surface area contributed by atoms with Crippen LogP contribution in [0.2, 0.25) is 5.02 Å². The standard InChI is InChI=1S/C27H33ClN4O4S2/c28-22-7-5-19(6-8-22)20-14-25(37-18-20)38(35,36)29-27-15-21(27)9-13-31(26(27)34)17-24(33)32-12-3-4-23(32)16-30-10-1-2-11-30/h5-8,14,18,21,23,29H,1-4,9-13,15-17H2/t21-,23-,27-/m0/s1. The number of carbonyl (C=O) groups excluding carboxylic acids is 2. The van der Waals surface area contributed by atoms with Gasteiger partial charge >= 0.3 is 0 Å². The van der Waals surface area contributed by atoms with Gasteiger partial charge in [-0.2, -0.15) is 4.72 Å². The van der Waals surface area contributed by atoms with Gasteiger partial charge in [0.1, 0.15) is 9.75 Å². The van der Waals surface area contributed by atoms with Crippen molar-refractivity contribution in [2.45, 2.75) is 54.3 Å². The van der Waals surface area contributed by atoms with Gasteiger partial charge in [-0.15, -0.1) is 11.3 Å². The maximum absolute atomic E-state index is 13.6. The van der Waals surface area contributed by atoms with Gasteiger partial charge in [-0.1, -0.05) is 23.7 Å². The molecule has 8 nitrogen and oxygen atoms in total. The highest BCUT2D eigenvalue weighted by molar-refractivity contribution is 7.91. The van der Waals surface area contributed by atoms with E-state index in [2.05, 4.69) is 9.62 Å². The molecule has 4 fully saturated rings. The van der Waals surface area contributed by atoms with Gasteiger partial charge in [0.15, 0.2) is 0 Å². The number of fused-ring (bicyclic) bond motifs is 1. The third-order valence-electron chi connectivity index (χ3n) is 8.55. The van der Waals surface area contributed by atoms with Crippen LogP contribution in [0.3, 0.4) is 0 Å². The summed E-state index contributed by atoms with van der Waals surface area (Å²) in [6, 6.07) is 9.06. The average molecular weight is 577 g/mol. The molecule has 3 saturated heterocycles. The number of piperidine rings is 1. The minimum atomic E-state index is -3.90. The van der Waals surface area contributed by atoms with Crippen LogP contribution in [-0.4, -0.2) is 85.8 Å². The molecule has 204 valence electrons. The summed E-state index contributed by atoms with van der Waals surface area (Å²) in [6.07, 6.45) is 5.60. The predicted octanol–water partition coefficient (Wildman–Crippen LogP) is 3.42. The average Bonchev–Trinajstić information content (AvgIpc) is 3.39. The number of sulfonamides is 1. The Balaban J connectivity index is 1.12. The molecule has 4 aliphatic rings. The van der Waals surface area contributed by atoms with Gasteiger partial charge in [-0.3, -0.25) is 9.59 Å². The summed E-state index contributed by atoms with van der Waals surface area (Å²) >= 11 is 7.11. The molecule has 0 bridgehead atoms. The Labute approximate surface area is 233 Å². The van der Waals surface area contributed by atoms with E-state index in [1.54, 1.807) is 28.5 Å². The minimum absolute atomic E-state index is 0.0191. The highest BCUT2D eigenvalue weighted by Gasteiger charge is 2.65. The number of nitrogens with zero attached hydrogens (tertiary/aromatic N) is 3. The maximum atomic E-state index is 13.6. The molecule has 2 aromatic rings. The van der Waals surface area contributed by atoms with E-state index in [0.29, 0.717) is 24.4 Å². The fraction of sp³-hybridized carbons (Fsp3) is 0.556. The minimum Gasteiger partial charge on any atom is -0.337 e. The number of likely N-dealkylation sites (tertiary alicyclic amines) is 3. The first-order chi connectivity index (χ1) is 18.2. The number of carbonyl (C=O) groups is 2. The topological polar surface area (TPSA) is 90.0 Å². The van der Waals surface area contributed by atoms with Crippen molar-refractivity contribution < 1.29 is 18.0 Å². The van der Waals surface area contributed by atoms with Crippen LogP contribution in [0.5, 0.6) is 0 Å². The Morgan fingerprint density at radius 3 is 2.58 bits per heavy atom. The zero-order chi connectivity index (χ0) is 26.5. The molecular formula is C27H33ClN4O4S2. The second kappa shape index (κ2) is 10.2. The first-order valence-electron chi connectivity index (χ1n) is 13.4. The normalized spacial score (nSPS) is 27.7. The van der Waals surface area contributed by atoms with Crippen molar-refractivity contribution in [1.29, 1.82) is 0 Å². The Kier molecular flexibility index (Phi) is 7.05. The quantitative estimate of drug-likeness (QED) is 0.520. The molecule has 11 heteroatoms. The van der Waals surface area contributed by atoms with Crippen LogP contribution in [0, 0.1) is 5.92 Å². The lowest BCUT2D eigenvalue weighted by atomic mass is 10.1. The van der Waals surface area contributed by atoms with E-state index in [9.17, 15) is 18.0 Å². The van der Waals surface area contributed by atoms with E-state index in [1.807, 2.05) is 17.0 Å². The monoisotopic (exact) mass is 576 g/mol. The fourth-order valence-electron chi connectivity index (χ4n) is 6.37. The van der Waals surface area contributed by atoms with E-state index in [-0.39, 0.29) is 34.5 Å². The van der Waals surface area contributed by atoms with Crippen molar-refractivity contribution in [3.05, 3.63) is 40.7 Å². The molecule has 3 atom stereocenters. The fourth-order valence-corrected chi connectivity index (χ4v) is 9.11. The number of rotatable bonds is 8. The summed E-state index contributed by atoms with van der Waals surface area (Å²) in [5, 5.41) is 2.41. The number of nitrogens with one attached hydrogen (secondary N) is 1. The molecule has 1 N–H and O–H groups in total. The Morgan fingerprint density at radius 1 is 1.05 bits per heavy atom. The van der Waals surface area contributed by atoms with Crippen LogP contribution in [0.1, 0.15) is 38.5 Å². The zero-order valence-corrected chi connectivity index (χ0v) is 23.7. The lowest BCUT2D eigenvalue weighted by molar-refractivity contribution is -0.144. The third kappa shape index (κ3) is 5.01. The molecule has 0 unspecified atom stereocenters. The number of halogens is 1. The van der Waals surface area contributed by atoms with Crippen LogP contribution in [-0.2, 0) is 19.6 Å². The highest BCUT2D eigenvalue weighted by Crippen LogP contribution is 2.51. The lowest BCUT2D eigenvalue weighted by Gasteiger charge is -2.34. The molecule has 1 saturated carbocycles. The van der Waals surface area contributed by atoms with Crippen LogP contribution >= 0.6 is 22.9 Å². The Morgan fingerprint density at radius 2 is 1.82 bits per heavy atom. The largest absolute Gasteiger partial charge is 0.337 e. The van der Waals surface area contributed by atoms with Gasteiger partial charge in [0, 0.05) is 30.7 Å². The first-order valence-corrected chi connectivity index (χ1v) is 16.2. The zero-order valence-electron chi connectivity index (χ0n) is 21.3. The molecule has 0 radical (unpaired) electrons. The number of hydrogen-bond acceptors (Lipinski definition) is 6. The van der Waals surface area contributed by atoms with Crippen molar-refractivity contribution in [3.8, 4) is 11.1 Å². The van der Waals surface area contributed by atoms with Gasteiger partial charge in [-0.25, -0.2) is 8.42 Å². The third-order valence-corrected chi connectivity index (χ3v) is 11.7. The van der Waals surface area contributed by atoms with Crippen molar-refractivity contribution in [2.24, 2.45) is 5.92 Å². The molecule has 38 heavy (non-hydrogen) atoms. The predicted molar refractivity (Wildman–Crippen MR) is 148 cm³/mol. The van der Waals surface area contributed by atoms with Crippen molar-refractivity contribution in [1.82, 2.24) is 19.4 Å². The molecule has 0 spiro atoms. The second-order valence-corrected chi connectivity index (χ2v) is 14.3.